The lowest BCUT2D eigenvalue weighted by atomic mass is 9.99. The molecule has 0 aliphatic carbocycles. The third kappa shape index (κ3) is 4.30. The Hall–Kier alpha value is -1.98. The molecule has 27 heavy (non-hydrogen) atoms. The van der Waals surface area contributed by atoms with E-state index in [4.69, 9.17) is 9.72 Å². The molecule has 2 aromatic rings. The lowest BCUT2D eigenvalue weighted by molar-refractivity contribution is -0.0864. The molecule has 0 atom stereocenters. The van der Waals surface area contributed by atoms with Crippen molar-refractivity contribution in [2.24, 2.45) is 0 Å². The summed E-state index contributed by atoms with van der Waals surface area (Å²) in [5.74, 6) is 0.0771. The minimum Gasteiger partial charge on any atom is -0.373 e. The third-order valence-electron chi connectivity index (χ3n) is 5.39. The number of carbonyl (C=O) groups excluding carboxylic acids is 1. The van der Waals surface area contributed by atoms with E-state index in [-0.39, 0.29) is 11.5 Å². The first kappa shape index (κ1) is 19.8. The molecule has 1 aliphatic heterocycles. The number of amides is 1. The number of fused-ring (bicyclic) bond motifs is 1. The number of carbonyl (C=O) groups is 1. The lowest BCUT2D eigenvalue weighted by Crippen LogP contribution is -2.50. The van der Waals surface area contributed by atoms with E-state index in [1.54, 1.807) is 0 Å². The Morgan fingerprint density at radius 2 is 2.07 bits per heavy atom. The van der Waals surface area contributed by atoms with Crippen molar-refractivity contribution in [3.05, 3.63) is 41.1 Å². The molecule has 1 aromatic carbocycles. The van der Waals surface area contributed by atoms with Gasteiger partial charge in [0, 0.05) is 44.3 Å². The van der Waals surface area contributed by atoms with Crippen molar-refractivity contribution in [1.82, 2.24) is 14.8 Å². The molecule has 0 radical (unpaired) electrons. The molecule has 1 amide bonds. The summed E-state index contributed by atoms with van der Waals surface area (Å²) in [6.45, 7) is 12.5. The summed E-state index contributed by atoms with van der Waals surface area (Å²) >= 11 is 0. The van der Waals surface area contributed by atoms with Crippen LogP contribution in [0.4, 0.5) is 0 Å². The van der Waals surface area contributed by atoms with Crippen LogP contribution in [0.2, 0.25) is 0 Å². The summed E-state index contributed by atoms with van der Waals surface area (Å²) < 4.78 is 5.78. The largest absolute Gasteiger partial charge is 0.373 e. The van der Waals surface area contributed by atoms with Gasteiger partial charge in [0.05, 0.1) is 23.3 Å². The Kier molecular flexibility index (Phi) is 5.82. The van der Waals surface area contributed by atoms with Crippen molar-refractivity contribution in [2.75, 3.05) is 39.8 Å². The molecule has 0 N–H and O–H groups in total. The van der Waals surface area contributed by atoms with Crippen LogP contribution >= 0.6 is 0 Å². The number of ether oxygens (including phenoxy) is 1. The van der Waals surface area contributed by atoms with E-state index < -0.39 is 0 Å². The second-order valence-corrected chi connectivity index (χ2v) is 8.04. The minimum absolute atomic E-state index is 0.0771. The topological polar surface area (TPSA) is 45.7 Å². The minimum atomic E-state index is -0.116. The Morgan fingerprint density at radius 1 is 1.33 bits per heavy atom. The normalized spacial score (nSPS) is 17.2. The standard InChI is InChI=1S/C22H31N3O2/c1-6-18-16(2)20(17-9-7-8-10-19(17)23-18)21(26)24(5)11-12-25-13-14-27-22(3,4)15-25/h7-10H,6,11-15H2,1-5H3. The van der Waals surface area contributed by atoms with Gasteiger partial charge in [-0.15, -0.1) is 0 Å². The zero-order valence-electron chi connectivity index (χ0n) is 17.2. The fourth-order valence-electron chi connectivity index (χ4n) is 3.87. The molecule has 0 bridgehead atoms. The third-order valence-corrected chi connectivity index (χ3v) is 5.39. The van der Waals surface area contributed by atoms with Crippen molar-refractivity contribution in [3.8, 4) is 0 Å². The second-order valence-electron chi connectivity index (χ2n) is 8.04. The Morgan fingerprint density at radius 3 is 2.78 bits per heavy atom. The van der Waals surface area contributed by atoms with Gasteiger partial charge in [0.25, 0.3) is 5.91 Å². The summed E-state index contributed by atoms with van der Waals surface area (Å²) in [5.41, 5.74) is 3.57. The molecule has 5 nitrogen and oxygen atoms in total. The fourth-order valence-corrected chi connectivity index (χ4v) is 3.87. The van der Waals surface area contributed by atoms with Gasteiger partial charge in [-0.3, -0.25) is 14.7 Å². The molecular weight excluding hydrogens is 338 g/mol. The van der Waals surface area contributed by atoms with E-state index in [0.29, 0.717) is 6.54 Å². The molecular formula is C22H31N3O2. The monoisotopic (exact) mass is 369 g/mol. The predicted octanol–water partition coefficient (Wildman–Crippen LogP) is 3.29. The van der Waals surface area contributed by atoms with Crippen molar-refractivity contribution in [1.29, 1.82) is 0 Å². The highest BCUT2D eigenvalue weighted by Gasteiger charge is 2.27. The van der Waals surface area contributed by atoms with E-state index in [9.17, 15) is 4.79 Å². The van der Waals surface area contributed by atoms with Crippen LogP contribution in [0, 0.1) is 6.92 Å². The number of pyridine rings is 1. The van der Waals surface area contributed by atoms with Crippen molar-refractivity contribution >= 4 is 16.8 Å². The van der Waals surface area contributed by atoms with E-state index in [2.05, 4.69) is 25.7 Å². The zero-order chi connectivity index (χ0) is 19.6. The average molecular weight is 370 g/mol. The van der Waals surface area contributed by atoms with Crippen molar-refractivity contribution in [2.45, 2.75) is 39.7 Å². The number of para-hydroxylation sites is 1. The van der Waals surface area contributed by atoms with Gasteiger partial charge in [0.1, 0.15) is 0 Å². The molecule has 1 fully saturated rings. The first-order valence-electron chi connectivity index (χ1n) is 9.82. The van der Waals surface area contributed by atoms with E-state index >= 15 is 0 Å². The number of benzene rings is 1. The van der Waals surface area contributed by atoms with Crippen LogP contribution in [-0.4, -0.2) is 66.1 Å². The summed E-state index contributed by atoms with van der Waals surface area (Å²) in [5, 5.41) is 0.941. The molecule has 0 saturated carbocycles. The zero-order valence-corrected chi connectivity index (χ0v) is 17.2. The molecule has 2 heterocycles. The highest BCUT2D eigenvalue weighted by Crippen LogP contribution is 2.25. The van der Waals surface area contributed by atoms with Crippen LogP contribution in [-0.2, 0) is 11.2 Å². The van der Waals surface area contributed by atoms with Crippen LogP contribution in [0.3, 0.4) is 0 Å². The van der Waals surface area contributed by atoms with Gasteiger partial charge in [0.15, 0.2) is 0 Å². The molecule has 1 aromatic heterocycles. The summed E-state index contributed by atoms with van der Waals surface area (Å²) in [7, 11) is 1.90. The van der Waals surface area contributed by atoms with Crippen LogP contribution in [0.1, 0.15) is 42.4 Å². The average Bonchev–Trinajstić information content (AvgIpc) is 2.64. The molecule has 0 spiro atoms. The van der Waals surface area contributed by atoms with Crippen LogP contribution in [0.15, 0.2) is 24.3 Å². The van der Waals surface area contributed by atoms with Crippen LogP contribution < -0.4 is 0 Å². The van der Waals surface area contributed by atoms with Gasteiger partial charge in [-0.25, -0.2) is 0 Å². The van der Waals surface area contributed by atoms with Gasteiger partial charge >= 0.3 is 0 Å². The molecule has 0 unspecified atom stereocenters. The molecule has 146 valence electrons. The number of hydrogen-bond donors (Lipinski definition) is 0. The number of nitrogens with zero attached hydrogens (tertiary/aromatic N) is 3. The number of likely N-dealkylation sites (N-methyl/N-ethyl adjacent to an activating group) is 1. The second kappa shape index (κ2) is 7.95. The Balaban J connectivity index is 1.80. The van der Waals surface area contributed by atoms with Crippen molar-refractivity contribution in [3.63, 3.8) is 0 Å². The first-order chi connectivity index (χ1) is 12.8. The summed E-state index contributed by atoms with van der Waals surface area (Å²) in [4.78, 5) is 22.3. The Bertz CT molecular complexity index is 832. The van der Waals surface area contributed by atoms with Gasteiger partial charge in [-0.1, -0.05) is 25.1 Å². The highest BCUT2D eigenvalue weighted by molar-refractivity contribution is 6.07. The summed E-state index contributed by atoms with van der Waals surface area (Å²) in [6.07, 6.45) is 0.823. The quantitative estimate of drug-likeness (QED) is 0.811. The van der Waals surface area contributed by atoms with Gasteiger partial charge in [0.2, 0.25) is 0 Å². The molecule has 5 heteroatoms. The number of aryl methyl sites for hydroxylation is 1. The van der Waals surface area contributed by atoms with E-state index in [1.807, 2.05) is 43.1 Å². The van der Waals surface area contributed by atoms with Gasteiger partial charge in [-0.05, 0) is 38.8 Å². The molecule has 1 aliphatic rings. The number of morpholine rings is 1. The highest BCUT2D eigenvalue weighted by atomic mass is 16.5. The fraction of sp³-hybridized carbons (Fsp3) is 0.545. The Labute approximate surface area is 162 Å². The van der Waals surface area contributed by atoms with Gasteiger partial charge < -0.3 is 9.64 Å². The lowest BCUT2D eigenvalue weighted by Gasteiger charge is -2.38. The maximum Gasteiger partial charge on any atom is 0.254 e. The maximum absolute atomic E-state index is 13.3. The van der Waals surface area contributed by atoms with E-state index in [1.165, 1.54) is 0 Å². The maximum atomic E-state index is 13.3. The predicted molar refractivity (Wildman–Crippen MR) is 109 cm³/mol. The SMILES string of the molecule is CCc1nc2ccccc2c(C(=O)N(C)CCN2CCOC(C)(C)C2)c1C. The smallest absolute Gasteiger partial charge is 0.254 e. The number of rotatable bonds is 5. The van der Waals surface area contributed by atoms with Gasteiger partial charge in [-0.2, -0.15) is 0 Å². The molecule has 1 saturated heterocycles. The van der Waals surface area contributed by atoms with Crippen LogP contribution in [0.25, 0.3) is 10.9 Å². The first-order valence-corrected chi connectivity index (χ1v) is 9.82. The van der Waals surface area contributed by atoms with Crippen LogP contribution in [0.5, 0.6) is 0 Å². The van der Waals surface area contributed by atoms with E-state index in [0.717, 1.165) is 60.4 Å². The van der Waals surface area contributed by atoms with Crippen molar-refractivity contribution < 1.29 is 9.53 Å². The number of aromatic nitrogens is 1. The summed E-state index contributed by atoms with van der Waals surface area (Å²) in [6, 6.07) is 7.94. The molecule has 3 rings (SSSR count). The number of hydrogen-bond acceptors (Lipinski definition) is 4.